The van der Waals surface area contributed by atoms with Crippen LogP contribution in [0.5, 0.6) is 0 Å². The normalized spacial score (nSPS) is 10.9. The summed E-state index contributed by atoms with van der Waals surface area (Å²) >= 11 is 0. The number of aromatic nitrogens is 2. The Morgan fingerprint density at radius 3 is 2.30 bits per heavy atom. The van der Waals surface area contributed by atoms with Gasteiger partial charge in [0.2, 0.25) is 5.91 Å². The molecular weight excluding hydrogens is 338 g/mol. The fourth-order valence-electron chi connectivity index (χ4n) is 2.85. The zero-order valence-corrected chi connectivity index (χ0v) is 15.6. The Labute approximate surface area is 158 Å². The monoisotopic (exact) mass is 359 g/mol. The molecule has 0 aliphatic heterocycles. The lowest BCUT2D eigenvalue weighted by atomic mass is 10.1. The van der Waals surface area contributed by atoms with Crippen LogP contribution in [-0.4, -0.2) is 21.5 Å². The van der Waals surface area contributed by atoms with Gasteiger partial charge in [-0.15, -0.1) is 0 Å². The van der Waals surface area contributed by atoms with E-state index in [1.165, 1.54) is 13.0 Å². The molecule has 0 bridgehead atoms. The number of rotatable bonds is 5. The van der Waals surface area contributed by atoms with E-state index in [4.69, 9.17) is 0 Å². The molecule has 136 valence electrons. The number of benzene rings is 2. The van der Waals surface area contributed by atoms with Crippen LogP contribution in [0.3, 0.4) is 0 Å². The van der Waals surface area contributed by atoms with E-state index in [0.29, 0.717) is 11.3 Å². The number of anilines is 1. The van der Waals surface area contributed by atoms with Crippen molar-refractivity contribution in [2.45, 2.75) is 20.8 Å². The lowest BCUT2D eigenvalue weighted by Crippen LogP contribution is -2.08. The maximum absolute atomic E-state index is 12.2. The summed E-state index contributed by atoms with van der Waals surface area (Å²) in [5.41, 5.74) is 4.97. The summed E-state index contributed by atoms with van der Waals surface area (Å²) in [6, 6.07) is 16.7. The first-order chi connectivity index (χ1) is 13.0. The Bertz CT molecular complexity index is 1000. The molecule has 0 aliphatic rings. The number of para-hydroxylation sites is 1. The molecule has 0 fully saturated rings. The minimum absolute atomic E-state index is 0.00542. The molecule has 1 heterocycles. The molecule has 1 aromatic heterocycles. The standard InChI is InChI=1S/C22H21N3O2/c1-15-21(16(2)25(24-15)20-7-5-4-6-8-20)13-14-22(27)23-19-11-9-18(10-12-19)17(3)26/h4-14H,1-3H3,(H,23,27)/b14-13+. The number of hydrogen-bond donors (Lipinski definition) is 1. The van der Waals surface area contributed by atoms with Crippen LogP contribution in [0.2, 0.25) is 0 Å². The molecule has 5 nitrogen and oxygen atoms in total. The van der Waals surface area contributed by atoms with Gasteiger partial charge in [-0.25, -0.2) is 4.68 Å². The molecule has 1 amide bonds. The van der Waals surface area contributed by atoms with Crippen LogP contribution in [0.4, 0.5) is 5.69 Å². The summed E-state index contributed by atoms with van der Waals surface area (Å²) in [5, 5.41) is 7.36. The van der Waals surface area contributed by atoms with E-state index in [0.717, 1.165) is 22.6 Å². The highest BCUT2D eigenvalue weighted by Gasteiger charge is 2.10. The summed E-state index contributed by atoms with van der Waals surface area (Å²) in [7, 11) is 0. The lowest BCUT2D eigenvalue weighted by molar-refractivity contribution is -0.111. The molecule has 1 N–H and O–H groups in total. The van der Waals surface area contributed by atoms with E-state index in [9.17, 15) is 9.59 Å². The van der Waals surface area contributed by atoms with Gasteiger partial charge >= 0.3 is 0 Å². The predicted octanol–water partition coefficient (Wildman–Crippen LogP) is 4.34. The summed E-state index contributed by atoms with van der Waals surface area (Å²) in [6.07, 6.45) is 3.27. The lowest BCUT2D eigenvalue weighted by Gasteiger charge is -2.04. The van der Waals surface area contributed by atoms with Crippen molar-refractivity contribution in [3.8, 4) is 5.69 Å². The van der Waals surface area contributed by atoms with E-state index in [-0.39, 0.29) is 11.7 Å². The molecule has 0 spiro atoms. The van der Waals surface area contributed by atoms with Crippen molar-refractivity contribution in [2.75, 3.05) is 5.32 Å². The van der Waals surface area contributed by atoms with E-state index in [2.05, 4.69) is 10.4 Å². The van der Waals surface area contributed by atoms with Crippen molar-refractivity contribution < 1.29 is 9.59 Å². The maximum Gasteiger partial charge on any atom is 0.248 e. The van der Waals surface area contributed by atoms with Gasteiger partial charge in [0.15, 0.2) is 5.78 Å². The highest BCUT2D eigenvalue weighted by molar-refractivity contribution is 6.02. The fourth-order valence-corrected chi connectivity index (χ4v) is 2.85. The van der Waals surface area contributed by atoms with Crippen molar-refractivity contribution in [3.05, 3.63) is 83.2 Å². The van der Waals surface area contributed by atoms with Gasteiger partial charge in [0.05, 0.1) is 11.4 Å². The van der Waals surface area contributed by atoms with Crippen molar-refractivity contribution in [2.24, 2.45) is 0 Å². The Morgan fingerprint density at radius 1 is 1.00 bits per heavy atom. The highest BCUT2D eigenvalue weighted by atomic mass is 16.1. The van der Waals surface area contributed by atoms with Crippen molar-refractivity contribution in [3.63, 3.8) is 0 Å². The number of hydrogen-bond acceptors (Lipinski definition) is 3. The summed E-state index contributed by atoms with van der Waals surface area (Å²) in [5.74, 6) is -0.244. The topological polar surface area (TPSA) is 64.0 Å². The van der Waals surface area contributed by atoms with Gasteiger partial charge in [-0.1, -0.05) is 18.2 Å². The Balaban J connectivity index is 1.75. The molecule has 27 heavy (non-hydrogen) atoms. The molecule has 0 unspecified atom stereocenters. The van der Waals surface area contributed by atoms with Crippen LogP contribution < -0.4 is 5.32 Å². The number of ketones is 1. The summed E-state index contributed by atoms with van der Waals surface area (Å²) < 4.78 is 1.87. The average molecular weight is 359 g/mol. The number of nitrogens with zero attached hydrogens (tertiary/aromatic N) is 2. The smallest absolute Gasteiger partial charge is 0.248 e. The molecule has 0 atom stereocenters. The highest BCUT2D eigenvalue weighted by Crippen LogP contribution is 2.19. The number of carbonyl (C=O) groups is 2. The molecule has 3 rings (SSSR count). The molecule has 0 aliphatic carbocycles. The van der Waals surface area contributed by atoms with Gasteiger partial charge in [-0.05, 0) is 63.2 Å². The zero-order chi connectivity index (χ0) is 19.4. The van der Waals surface area contributed by atoms with Gasteiger partial charge in [0.1, 0.15) is 0 Å². The van der Waals surface area contributed by atoms with E-state index >= 15 is 0 Å². The molecule has 5 heteroatoms. The van der Waals surface area contributed by atoms with Crippen LogP contribution in [0.25, 0.3) is 11.8 Å². The SMILES string of the molecule is CC(=O)c1ccc(NC(=O)/C=C/c2c(C)nn(-c3ccccc3)c2C)cc1. The van der Waals surface area contributed by atoms with Crippen molar-refractivity contribution in [1.29, 1.82) is 0 Å². The molecule has 0 radical (unpaired) electrons. The van der Waals surface area contributed by atoms with E-state index in [1.807, 2.05) is 48.9 Å². The number of aryl methyl sites for hydroxylation is 1. The third-order valence-corrected chi connectivity index (χ3v) is 4.31. The second-order valence-electron chi connectivity index (χ2n) is 6.29. The first kappa shape index (κ1) is 18.3. The van der Waals surface area contributed by atoms with Gasteiger partial charge in [0.25, 0.3) is 0 Å². The summed E-state index contributed by atoms with van der Waals surface area (Å²) in [6.45, 7) is 5.41. The van der Waals surface area contributed by atoms with Crippen LogP contribution in [0, 0.1) is 13.8 Å². The number of Topliss-reactive ketones (excluding diaryl/α,β-unsaturated/α-hetero) is 1. The first-order valence-electron chi connectivity index (χ1n) is 8.67. The summed E-state index contributed by atoms with van der Waals surface area (Å²) in [4.78, 5) is 23.5. The van der Waals surface area contributed by atoms with E-state index in [1.54, 1.807) is 30.3 Å². The van der Waals surface area contributed by atoms with Gasteiger partial charge in [-0.2, -0.15) is 5.10 Å². The minimum Gasteiger partial charge on any atom is -0.323 e. The maximum atomic E-state index is 12.2. The third-order valence-electron chi connectivity index (χ3n) is 4.31. The first-order valence-corrected chi connectivity index (χ1v) is 8.67. The molecule has 2 aromatic carbocycles. The molecule has 0 saturated carbocycles. The van der Waals surface area contributed by atoms with Crippen LogP contribution in [0.15, 0.2) is 60.7 Å². The van der Waals surface area contributed by atoms with Crippen molar-refractivity contribution in [1.82, 2.24) is 9.78 Å². The molecular formula is C22H21N3O2. The number of amides is 1. The van der Waals surface area contributed by atoms with Crippen LogP contribution >= 0.6 is 0 Å². The third kappa shape index (κ3) is 4.20. The zero-order valence-electron chi connectivity index (χ0n) is 15.6. The average Bonchev–Trinajstić information content (AvgIpc) is 2.95. The predicted molar refractivity (Wildman–Crippen MR) is 107 cm³/mol. The minimum atomic E-state index is -0.239. The quantitative estimate of drug-likeness (QED) is 0.544. The number of carbonyl (C=O) groups excluding carboxylic acids is 2. The van der Waals surface area contributed by atoms with Crippen LogP contribution in [0.1, 0.15) is 34.2 Å². The molecule has 3 aromatic rings. The van der Waals surface area contributed by atoms with Gasteiger partial charge < -0.3 is 5.32 Å². The van der Waals surface area contributed by atoms with Gasteiger partial charge in [-0.3, -0.25) is 9.59 Å². The second kappa shape index (κ2) is 7.83. The van der Waals surface area contributed by atoms with Gasteiger partial charge in [0, 0.05) is 28.6 Å². The Kier molecular flexibility index (Phi) is 5.31. The van der Waals surface area contributed by atoms with E-state index < -0.39 is 0 Å². The molecule has 0 saturated heterocycles. The van der Waals surface area contributed by atoms with Crippen molar-refractivity contribution >= 4 is 23.5 Å². The Hall–Kier alpha value is -3.47. The largest absolute Gasteiger partial charge is 0.323 e. The van der Waals surface area contributed by atoms with Crippen LogP contribution in [-0.2, 0) is 4.79 Å². The number of nitrogens with one attached hydrogen (secondary N) is 1. The second-order valence-corrected chi connectivity index (χ2v) is 6.29. The Morgan fingerprint density at radius 2 is 1.67 bits per heavy atom. The fraction of sp³-hybridized carbons (Fsp3) is 0.136.